The third kappa shape index (κ3) is 6.11. The molecule has 3 aromatic rings. The van der Waals surface area contributed by atoms with Gasteiger partial charge >= 0.3 is 17.8 Å². The molecule has 0 saturated heterocycles. The Morgan fingerprint density at radius 2 is 1.52 bits per heavy atom. The number of hydrogen-bond donors (Lipinski definition) is 2. The lowest BCUT2D eigenvalue weighted by Crippen LogP contribution is -2.32. The number of anilines is 1. The number of rotatable bonds is 5. The average molecular weight is 415 g/mol. The quantitative estimate of drug-likeness (QED) is 0.219. The molecule has 156 valence electrons. The molecule has 0 spiro atoms. The van der Waals surface area contributed by atoms with Gasteiger partial charge in [-0.25, -0.2) is 10.2 Å². The first-order chi connectivity index (χ1) is 14.9. The summed E-state index contributed by atoms with van der Waals surface area (Å²) in [4.78, 5) is 36.0. The fourth-order valence-electron chi connectivity index (χ4n) is 2.63. The molecule has 0 aliphatic carbocycles. The van der Waals surface area contributed by atoms with Crippen LogP contribution in [0.15, 0.2) is 77.9 Å². The number of hydrazone groups is 1. The Bertz CT molecular complexity index is 1120. The summed E-state index contributed by atoms with van der Waals surface area (Å²) in [6.45, 7) is 3.76. The first-order valence-corrected chi connectivity index (χ1v) is 9.51. The summed E-state index contributed by atoms with van der Waals surface area (Å²) in [6, 6.07) is 20.8. The van der Waals surface area contributed by atoms with Gasteiger partial charge in [-0.2, -0.15) is 5.10 Å². The lowest BCUT2D eigenvalue weighted by atomic mass is 10.1. The van der Waals surface area contributed by atoms with Crippen molar-refractivity contribution in [2.24, 2.45) is 5.10 Å². The highest BCUT2D eigenvalue weighted by molar-refractivity contribution is 6.39. The van der Waals surface area contributed by atoms with Gasteiger partial charge in [0, 0.05) is 5.69 Å². The second-order valence-corrected chi connectivity index (χ2v) is 6.79. The van der Waals surface area contributed by atoms with Gasteiger partial charge in [-0.15, -0.1) is 0 Å². The van der Waals surface area contributed by atoms with Crippen LogP contribution in [0.2, 0.25) is 0 Å². The number of benzene rings is 3. The number of aryl methyl sites for hydroxylation is 2. The van der Waals surface area contributed by atoms with Crippen LogP contribution in [0.4, 0.5) is 5.69 Å². The lowest BCUT2D eigenvalue weighted by Gasteiger charge is -2.06. The molecule has 0 radical (unpaired) electrons. The van der Waals surface area contributed by atoms with Crippen molar-refractivity contribution in [1.82, 2.24) is 5.43 Å². The number of carbonyl (C=O) groups excluding carboxylic acids is 3. The van der Waals surface area contributed by atoms with Crippen molar-refractivity contribution in [1.29, 1.82) is 0 Å². The maximum atomic E-state index is 12.2. The molecular formula is C24H21N3O4. The summed E-state index contributed by atoms with van der Waals surface area (Å²) in [7, 11) is 0. The summed E-state index contributed by atoms with van der Waals surface area (Å²) in [6.07, 6.45) is 1.38. The molecule has 7 heteroatoms. The van der Waals surface area contributed by atoms with Crippen molar-refractivity contribution in [3.63, 3.8) is 0 Å². The Morgan fingerprint density at radius 1 is 0.839 bits per heavy atom. The van der Waals surface area contributed by atoms with E-state index in [0.29, 0.717) is 22.6 Å². The van der Waals surface area contributed by atoms with Crippen molar-refractivity contribution in [2.45, 2.75) is 13.8 Å². The molecule has 7 nitrogen and oxygen atoms in total. The number of carbonyl (C=O) groups is 3. The highest BCUT2D eigenvalue weighted by Crippen LogP contribution is 2.15. The van der Waals surface area contributed by atoms with Gasteiger partial charge in [-0.3, -0.25) is 9.59 Å². The van der Waals surface area contributed by atoms with Crippen LogP contribution in [0, 0.1) is 13.8 Å². The molecule has 2 amide bonds. The molecule has 0 aliphatic heterocycles. The highest BCUT2D eigenvalue weighted by Gasteiger charge is 2.13. The van der Waals surface area contributed by atoms with Crippen LogP contribution in [0.25, 0.3) is 0 Å². The second-order valence-electron chi connectivity index (χ2n) is 6.79. The molecule has 0 bridgehead atoms. The molecular weight excluding hydrogens is 394 g/mol. The SMILES string of the molecule is Cc1ccc(NC(=O)C(=O)NN=Cc2ccc(OC(=O)c3ccccc3C)cc2)cc1. The van der Waals surface area contributed by atoms with Crippen LogP contribution in [-0.4, -0.2) is 24.0 Å². The van der Waals surface area contributed by atoms with Gasteiger partial charge in [0.05, 0.1) is 11.8 Å². The Balaban J connectivity index is 1.51. The Kier molecular flexibility index (Phi) is 6.90. The number of amides is 2. The van der Waals surface area contributed by atoms with E-state index >= 15 is 0 Å². The van der Waals surface area contributed by atoms with Crippen molar-refractivity contribution in [3.05, 3.63) is 95.1 Å². The van der Waals surface area contributed by atoms with Gasteiger partial charge < -0.3 is 10.1 Å². The molecule has 0 aliphatic rings. The molecule has 0 fully saturated rings. The van der Waals surface area contributed by atoms with Crippen LogP contribution in [0.3, 0.4) is 0 Å². The van der Waals surface area contributed by atoms with Gasteiger partial charge in [0.25, 0.3) is 0 Å². The largest absolute Gasteiger partial charge is 0.423 e. The molecule has 0 saturated carbocycles. The van der Waals surface area contributed by atoms with Gasteiger partial charge in [-0.05, 0) is 67.4 Å². The zero-order chi connectivity index (χ0) is 22.2. The first kappa shape index (κ1) is 21.4. The number of nitrogens with one attached hydrogen (secondary N) is 2. The number of esters is 1. The number of nitrogens with zero attached hydrogens (tertiary/aromatic N) is 1. The highest BCUT2D eigenvalue weighted by atomic mass is 16.5. The standard InChI is InChI=1S/C24H21N3O4/c1-16-7-11-19(12-8-16)26-22(28)23(29)27-25-15-18-9-13-20(14-10-18)31-24(30)21-6-4-3-5-17(21)2/h3-15H,1-2H3,(H,26,28)(H,27,29). The molecule has 0 atom stereocenters. The topological polar surface area (TPSA) is 96.9 Å². The normalized spacial score (nSPS) is 10.5. The Morgan fingerprint density at radius 3 is 2.19 bits per heavy atom. The Hall–Kier alpha value is -4.26. The number of hydrogen-bond acceptors (Lipinski definition) is 5. The molecule has 3 aromatic carbocycles. The van der Waals surface area contributed by atoms with Crippen molar-refractivity contribution >= 4 is 29.7 Å². The lowest BCUT2D eigenvalue weighted by molar-refractivity contribution is -0.136. The third-order valence-corrected chi connectivity index (χ3v) is 4.35. The molecule has 0 heterocycles. The van der Waals surface area contributed by atoms with E-state index in [4.69, 9.17) is 4.74 Å². The minimum absolute atomic E-state index is 0.381. The van der Waals surface area contributed by atoms with E-state index in [1.807, 2.05) is 38.1 Å². The predicted molar refractivity (Wildman–Crippen MR) is 118 cm³/mol. The van der Waals surface area contributed by atoms with Crippen LogP contribution in [0.5, 0.6) is 5.75 Å². The van der Waals surface area contributed by atoms with Crippen molar-refractivity contribution < 1.29 is 19.1 Å². The predicted octanol–water partition coefficient (Wildman–Crippen LogP) is 3.61. The van der Waals surface area contributed by atoms with E-state index in [1.165, 1.54) is 6.21 Å². The zero-order valence-electron chi connectivity index (χ0n) is 17.1. The molecule has 0 aromatic heterocycles. The minimum Gasteiger partial charge on any atom is -0.423 e. The van der Waals surface area contributed by atoms with Crippen LogP contribution in [0.1, 0.15) is 27.0 Å². The molecule has 3 rings (SSSR count). The summed E-state index contributed by atoms with van der Waals surface area (Å²) in [5.74, 6) is -1.77. The van der Waals surface area contributed by atoms with E-state index < -0.39 is 17.8 Å². The average Bonchev–Trinajstić information content (AvgIpc) is 2.76. The zero-order valence-corrected chi connectivity index (χ0v) is 17.1. The fourth-order valence-corrected chi connectivity index (χ4v) is 2.63. The maximum Gasteiger partial charge on any atom is 0.343 e. The number of ether oxygens (including phenoxy) is 1. The van der Waals surface area contributed by atoms with Crippen molar-refractivity contribution in [3.8, 4) is 5.75 Å². The van der Waals surface area contributed by atoms with Crippen LogP contribution >= 0.6 is 0 Å². The first-order valence-electron chi connectivity index (χ1n) is 9.51. The molecule has 2 N–H and O–H groups in total. The van der Waals surface area contributed by atoms with Gasteiger partial charge in [-0.1, -0.05) is 35.9 Å². The smallest absolute Gasteiger partial charge is 0.343 e. The van der Waals surface area contributed by atoms with Gasteiger partial charge in [0.15, 0.2) is 0 Å². The van der Waals surface area contributed by atoms with E-state index in [9.17, 15) is 14.4 Å². The summed E-state index contributed by atoms with van der Waals surface area (Å²) < 4.78 is 5.37. The van der Waals surface area contributed by atoms with E-state index in [0.717, 1.165) is 11.1 Å². The van der Waals surface area contributed by atoms with E-state index in [-0.39, 0.29) is 0 Å². The van der Waals surface area contributed by atoms with Crippen molar-refractivity contribution in [2.75, 3.05) is 5.32 Å². The van der Waals surface area contributed by atoms with Gasteiger partial charge in [0.2, 0.25) is 0 Å². The van der Waals surface area contributed by atoms with Crippen LogP contribution < -0.4 is 15.5 Å². The maximum absolute atomic E-state index is 12.2. The summed E-state index contributed by atoms with van der Waals surface area (Å²) >= 11 is 0. The fraction of sp³-hybridized carbons (Fsp3) is 0.0833. The second kappa shape index (κ2) is 9.98. The third-order valence-electron chi connectivity index (χ3n) is 4.35. The van der Waals surface area contributed by atoms with E-state index in [1.54, 1.807) is 48.5 Å². The van der Waals surface area contributed by atoms with Crippen LogP contribution in [-0.2, 0) is 9.59 Å². The molecule has 0 unspecified atom stereocenters. The Labute approximate surface area is 179 Å². The summed E-state index contributed by atoms with van der Waals surface area (Å²) in [5.41, 5.74) is 5.71. The summed E-state index contributed by atoms with van der Waals surface area (Å²) in [5, 5.41) is 6.26. The molecule has 31 heavy (non-hydrogen) atoms. The van der Waals surface area contributed by atoms with Gasteiger partial charge in [0.1, 0.15) is 5.75 Å². The monoisotopic (exact) mass is 415 g/mol. The minimum atomic E-state index is -0.888. The van der Waals surface area contributed by atoms with E-state index in [2.05, 4.69) is 15.8 Å².